The Kier molecular flexibility index (Phi) is 5.87. The molecule has 9 heteroatoms. The second kappa shape index (κ2) is 7.69. The summed E-state index contributed by atoms with van der Waals surface area (Å²) in [7, 11) is -3.11. The third-order valence-electron chi connectivity index (χ3n) is 4.05. The molecule has 0 bridgehead atoms. The summed E-state index contributed by atoms with van der Waals surface area (Å²) in [5.41, 5.74) is 0.0174. The SMILES string of the molecule is CC[C@H](C)N(C(=O)COC(=O)c1cnccn1)[C@@H]1CCS(=O)(=O)C1. The minimum Gasteiger partial charge on any atom is -0.451 e. The van der Waals surface area contributed by atoms with Gasteiger partial charge in [-0.1, -0.05) is 6.92 Å². The van der Waals surface area contributed by atoms with Crippen molar-refractivity contribution in [2.24, 2.45) is 0 Å². The van der Waals surface area contributed by atoms with Gasteiger partial charge in [0.15, 0.2) is 22.1 Å². The largest absolute Gasteiger partial charge is 0.451 e. The normalized spacial score (nSPS) is 20.3. The second-order valence-electron chi connectivity index (χ2n) is 5.78. The summed E-state index contributed by atoms with van der Waals surface area (Å²) in [6.07, 6.45) is 5.13. The molecule has 2 heterocycles. The predicted octanol–water partition coefficient (Wildman–Crippen LogP) is 0.448. The molecule has 0 unspecified atom stereocenters. The minimum atomic E-state index is -3.11. The number of esters is 1. The summed E-state index contributed by atoms with van der Waals surface area (Å²) in [4.78, 5) is 33.4. The first kappa shape index (κ1) is 18.3. The fraction of sp³-hybridized carbons (Fsp3) is 0.600. The van der Waals surface area contributed by atoms with Crippen LogP contribution in [0.5, 0.6) is 0 Å². The maximum atomic E-state index is 12.5. The van der Waals surface area contributed by atoms with Gasteiger partial charge in [0, 0.05) is 24.5 Å². The molecule has 1 aromatic rings. The first-order valence-corrected chi connectivity index (χ1v) is 9.61. The van der Waals surface area contributed by atoms with Crippen LogP contribution in [-0.2, 0) is 19.4 Å². The zero-order chi connectivity index (χ0) is 17.7. The van der Waals surface area contributed by atoms with E-state index in [2.05, 4.69) is 9.97 Å². The Morgan fingerprint density at radius 1 is 1.42 bits per heavy atom. The van der Waals surface area contributed by atoms with Gasteiger partial charge < -0.3 is 9.64 Å². The standard InChI is InChI=1S/C15H21N3O5S/c1-3-11(2)18(12-4-7-24(21,22)10-12)14(19)9-23-15(20)13-8-16-5-6-17-13/h5-6,8,11-12H,3-4,7,9-10H2,1-2H3/t11-,12+/m0/s1. The van der Waals surface area contributed by atoms with Gasteiger partial charge in [0.2, 0.25) is 0 Å². The third kappa shape index (κ3) is 4.50. The average Bonchev–Trinajstić information content (AvgIpc) is 2.92. The van der Waals surface area contributed by atoms with Crippen LogP contribution in [0.2, 0.25) is 0 Å². The zero-order valence-corrected chi connectivity index (χ0v) is 14.5. The van der Waals surface area contributed by atoms with Gasteiger partial charge >= 0.3 is 5.97 Å². The summed E-state index contributed by atoms with van der Waals surface area (Å²) < 4.78 is 28.4. The molecule has 132 valence electrons. The Morgan fingerprint density at radius 3 is 2.71 bits per heavy atom. The van der Waals surface area contributed by atoms with Crippen LogP contribution in [0.1, 0.15) is 37.2 Å². The number of carbonyl (C=O) groups excluding carboxylic acids is 2. The molecular weight excluding hydrogens is 334 g/mol. The van der Waals surface area contributed by atoms with E-state index >= 15 is 0 Å². The molecule has 1 aliphatic heterocycles. The van der Waals surface area contributed by atoms with Crippen LogP contribution in [-0.4, -0.2) is 65.4 Å². The molecule has 0 spiro atoms. The fourth-order valence-electron chi connectivity index (χ4n) is 2.68. The maximum absolute atomic E-state index is 12.5. The van der Waals surface area contributed by atoms with E-state index in [-0.39, 0.29) is 29.3 Å². The van der Waals surface area contributed by atoms with Crippen LogP contribution < -0.4 is 0 Å². The van der Waals surface area contributed by atoms with Gasteiger partial charge in [0.05, 0.1) is 17.7 Å². The molecule has 1 saturated heterocycles. The fourth-order valence-corrected chi connectivity index (χ4v) is 4.39. The van der Waals surface area contributed by atoms with Crippen LogP contribution in [0.3, 0.4) is 0 Å². The van der Waals surface area contributed by atoms with Crippen LogP contribution in [0.4, 0.5) is 0 Å². The van der Waals surface area contributed by atoms with Crippen LogP contribution >= 0.6 is 0 Å². The van der Waals surface area contributed by atoms with Crippen LogP contribution in [0, 0.1) is 0 Å². The van der Waals surface area contributed by atoms with Gasteiger partial charge in [-0.2, -0.15) is 0 Å². The summed E-state index contributed by atoms with van der Waals surface area (Å²) >= 11 is 0. The lowest BCUT2D eigenvalue weighted by atomic mass is 10.1. The summed E-state index contributed by atoms with van der Waals surface area (Å²) in [6, 6.07) is -0.501. The van der Waals surface area contributed by atoms with Crippen molar-refractivity contribution in [3.63, 3.8) is 0 Å². The molecular formula is C15H21N3O5S. The Hall–Kier alpha value is -2.03. The number of aromatic nitrogens is 2. The van der Waals surface area contributed by atoms with Crippen LogP contribution in [0.25, 0.3) is 0 Å². The Bertz CT molecular complexity index is 692. The van der Waals surface area contributed by atoms with E-state index in [0.717, 1.165) is 0 Å². The summed E-state index contributed by atoms with van der Waals surface area (Å²) in [5, 5.41) is 0. The molecule has 0 aliphatic carbocycles. The number of nitrogens with zero attached hydrogens (tertiary/aromatic N) is 3. The lowest BCUT2D eigenvalue weighted by Crippen LogP contribution is -2.48. The van der Waals surface area contributed by atoms with E-state index in [1.54, 1.807) is 0 Å². The van der Waals surface area contributed by atoms with Crippen molar-refractivity contribution < 1.29 is 22.7 Å². The third-order valence-corrected chi connectivity index (χ3v) is 5.80. The Balaban J connectivity index is 2.02. The Morgan fingerprint density at radius 2 is 2.17 bits per heavy atom. The number of hydrogen-bond acceptors (Lipinski definition) is 7. The van der Waals surface area contributed by atoms with Crippen molar-refractivity contribution in [1.29, 1.82) is 0 Å². The van der Waals surface area contributed by atoms with E-state index in [4.69, 9.17) is 4.74 Å². The topological polar surface area (TPSA) is 107 Å². The quantitative estimate of drug-likeness (QED) is 0.682. The van der Waals surface area contributed by atoms with Crippen molar-refractivity contribution in [3.8, 4) is 0 Å². The lowest BCUT2D eigenvalue weighted by molar-refractivity contribution is -0.138. The van der Waals surface area contributed by atoms with E-state index in [1.165, 1.54) is 23.5 Å². The van der Waals surface area contributed by atoms with Crippen molar-refractivity contribution in [2.45, 2.75) is 38.8 Å². The molecule has 0 N–H and O–H groups in total. The number of carbonyl (C=O) groups is 2. The van der Waals surface area contributed by atoms with Gasteiger partial charge in [-0.25, -0.2) is 18.2 Å². The molecule has 24 heavy (non-hydrogen) atoms. The van der Waals surface area contributed by atoms with Crippen molar-refractivity contribution >= 4 is 21.7 Å². The van der Waals surface area contributed by atoms with Crippen molar-refractivity contribution in [3.05, 3.63) is 24.3 Å². The van der Waals surface area contributed by atoms with E-state index in [9.17, 15) is 18.0 Å². The molecule has 0 saturated carbocycles. The number of ether oxygens (including phenoxy) is 1. The zero-order valence-electron chi connectivity index (χ0n) is 13.7. The number of hydrogen-bond donors (Lipinski definition) is 0. The molecule has 2 atom stereocenters. The van der Waals surface area contributed by atoms with Gasteiger partial charge in [0.1, 0.15) is 0 Å². The Labute approximate surface area is 141 Å². The highest BCUT2D eigenvalue weighted by Gasteiger charge is 2.36. The molecule has 0 aromatic carbocycles. The van der Waals surface area contributed by atoms with E-state index < -0.39 is 28.3 Å². The molecule has 0 radical (unpaired) electrons. The number of amides is 1. The van der Waals surface area contributed by atoms with E-state index in [1.807, 2.05) is 13.8 Å². The van der Waals surface area contributed by atoms with Gasteiger partial charge in [-0.3, -0.25) is 9.78 Å². The maximum Gasteiger partial charge on any atom is 0.359 e. The van der Waals surface area contributed by atoms with Gasteiger partial charge in [-0.05, 0) is 19.8 Å². The monoisotopic (exact) mass is 355 g/mol. The smallest absolute Gasteiger partial charge is 0.359 e. The molecule has 1 aliphatic rings. The summed E-state index contributed by atoms with van der Waals surface area (Å²) in [5.74, 6) is -1.10. The second-order valence-corrected chi connectivity index (χ2v) is 8.01. The number of sulfone groups is 1. The summed E-state index contributed by atoms with van der Waals surface area (Å²) in [6.45, 7) is 3.32. The molecule has 1 aromatic heterocycles. The van der Waals surface area contributed by atoms with E-state index in [0.29, 0.717) is 12.8 Å². The first-order chi connectivity index (χ1) is 11.3. The molecule has 2 rings (SSSR count). The lowest BCUT2D eigenvalue weighted by Gasteiger charge is -2.33. The highest BCUT2D eigenvalue weighted by atomic mass is 32.2. The minimum absolute atomic E-state index is 0.0174. The molecule has 1 amide bonds. The molecule has 1 fully saturated rings. The van der Waals surface area contributed by atoms with Crippen molar-refractivity contribution in [2.75, 3.05) is 18.1 Å². The highest BCUT2D eigenvalue weighted by Crippen LogP contribution is 2.21. The first-order valence-electron chi connectivity index (χ1n) is 7.78. The van der Waals surface area contributed by atoms with Crippen molar-refractivity contribution in [1.82, 2.24) is 14.9 Å². The van der Waals surface area contributed by atoms with Gasteiger partial charge in [-0.15, -0.1) is 0 Å². The van der Waals surface area contributed by atoms with Crippen LogP contribution in [0.15, 0.2) is 18.6 Å². The predicted molar refractivity (Wildman–Crippen MR) is 86.0 cm³/mol. The number of rotatable bonds is 6. The van der Waals surface area contributed by atoms with Gasteiger partial charge in [0.25, 0.3) is 5.91 Å². The molecule has 8 nitrogen and oxygen atoms in total. The highest BCUT2D eigenvalue weighted by molar-refractivity contribution is 7.91. The average molecular weight is 355 g/mol.